The molecule has 0 radical (unpaired) electrons. The molecule has 0 saturated heterocycles. The largest absolute Gasteiger partial charge is 0.458 e. The molecule has 1 N–H and O–H groups in total. The second kappa shape index (κ2) is 7.94. The molecule has 12 heteroatoms. The Balaban J connectivity index is 1.55. The number of halogens is 4. The van der Waals surface area contributed by atoms with Crippen molar-refractivity contribution in [1.29, 1.82) is 0 Å². The van der Waals surface area contributed by atoms with Gasteiger partial charge in [-0.2, -0.15) is 18.3 Å². The van der Waals surface area contributed by atoms with Gasteiger partial charge in [0.2, 0.25) is 0 Å². The van der Waals surface area contributed by atoms with Gasteiger partial charge in [-0.1, -0.05) is 0 Å². The summed E-state index contributed by atoms with van der Waals surface area (Å²) in [5.41, 5.74) is -0.507. The summed E-state index contributed by atoms with van der Waals surface area (Å²) >= 11 is 0. The van der Waals surface area contributed by atoms with Crippen molar-refractivity contribution in [2.24, 2.45) is 0 Å². The predicted octanol–water partition coefficient (Wildman–Crippen LogP) is 3.65. The standard InChI is InChI=1S/C20H14F4N4O4/c1-10(20(22,23)24)31-19(30)15-14(21)4-3-11-7-12(32-16(11)15)8-26-18(29)13-9-27-28-6-2-5-25-17(13)28/h2-7,9-10H,8H2,1H3,(H,26,29)/t10-/m1/s1. The van der Waals surface area contributed by atoms with Crippen LogP contribution < -0.4 is 5.32 Å². The van der Waals surface area contributed by atoms with Crippen LogP contribution in [0.4, 0.5) is 17.6 Å². The average molecular weight is 450 g/mol. The maximum Gasteiger partial charge on any atom is 0.425 e. The van der Waals surface area contributed by atoms with E-state index in [0.29, 0.717) is 12.6 Å². The van der Waals surface area contributed by atoms with E-state index in [4.69, 9.17) is 4.42 Å². The highest BCUT2D eigenvalue weighted by Crippen LogP contribution is 2.29. The van der Waals surface area contributed by atoms with Crippen molar-refractivity contribution in [3.05, 3.63) is 65.6 Å². The maximum atomic E-state index is 14.2. The molecule has 0 spiro atoms. The summed E-state index contributed by atoms with van der Waals surface area (Å²) in [7, 11) is 0. The summed E-state index contributed by atoms with van der Waals surface area (Å²) in [6.45, 7) is 0.487. The summed E-state index contributed by atoms with van der Waals surface area (Å²) < 4.78 is 63.5. The van der Waals surface area contributed by atoms with E-state index in [1.54, 1.807) is 12.3 Å². The van der Waals surface area contributed by atoms with Crippen molar-refractivity contribution in [2.75, 3.05) is 0 Å². The first kappa shape index (κ1) is 21.3. The Morgan fingerprint density at radius 1 is 1.31 bits per heavy atom. The van der Waals surface area contributed by atoms with Gasteiger partial charge in [0.05, 0.1) is 12.7 Å². The lowest BCUT2D eigenvalue weighted by Crippen LogP contribution is -2.31. The van der Waals surface area contributed by atoms with Crippen LogP contribution in [0.2, 0.25) is 0 Å². The van der Waals surface area contributed by atoms with Gasteiger partial charge in [-0.3, -0.25) is 4.79 Å². The Morgan fingerprint density at radius 2 is 2.09 bits per heavy atom. The number of fused-ring (bicyclic) bond motifs is 2. The minimum absolute atomic E-state index is 0.140. The number of hydrogen-bond donors (Lipinski definition) is 1. The van der Waals surface area contributed by atoms with E-state index in [9.17, 15) is 27.2 Å². The number of aromatic nitrogens is 3. The molecular weight excluding hydrogens is 436 g/mol. The van der Waals surface area contributed by atoms with Crippen molar-refractivity contribution in [1.82, 2.24) is 19.9 Å². The molecule has 4 aromatic rings. The maximum absolute atomic E-state index is 14.2. The Kier molecular flexibility index (Phi) is 5.28. The summed E-state index contributed by atoms with van der Waals surface area (Å²) in [4.78, 5) is 28.7. The fourth-order valence-electron chi connectivity index (χ4n) is 2.95. The van der Waals surface area contributed by atoms with Crippen LogP contribution in [0.15, 0.2) is 47.3 Å². The number of nitrogens with zero attached hydrogens (tertiary/aromatic N) is 3. The molecule has 0 aliphatic heterocycles. The predicted molar refractivity (Wildman–Crippen MR) is 101 cm³/mol. The van der Waals surface area contributed by atoms with Gasteiger partial charge in [-0.15, -0.1) is 0 Å². The number of ether oxygens (including phenoxy) is 1. The highest BCUT2D eigenvalue weighted by atomic mass is 19.4. The van der Waals surface area contributed by atoms with Crippen LogP contribution in [0.25, 0.3) is 16.6 Å². The molecule has 1 atom stereocenters. The zero-order valence-electron chi connectivity index (χ0n) is 16.3. The molecule has 3 aromatic heterocycles. The Bertz CT molecular complexity index is 1330. The highest BCUT2D eigenvalue weighted by Gasteiger charge is 2.40. The van der Waals surface area contributed by atoms with E-state index in [2.05, 4.69) is 20.1 Å². The zero-order valence-corrected chi connectivity index (χ0v) is 16.3. The number of carbonyl (C=O) groups excluding carboxylic acids is 2. The molecule has 0 unspecified atom stereocenters. The average Bonchev–Trinajstić information content (AvgIpc) is 3.35. The van der Waals surface area contributed by atoms with Crippen LogP contribution in [-0.2, 0) is 11.3 Å². The normalized spacial score (nSPS) is 12.8. The monoisotopic (exact) mass is 450 g/mol. The van der Waals surface area contributed by atoms with Gasteiger partial charge >= 0.3 is 12.1 Å². The molecule has 0 aliphatic rings. The van der Waals surface area contributed by atoms with E-state index >= 15 is 0 Å². The number of hydrogen-bond acceptors (Lipinski definition) is 6. The number of benzene rings is 1. The first-order valence-corrected chi connectivity index (χ1v) is 9.20. The number of carbonyl (C=O) groups is 2. The van der Waals surface area contributed by atoms with Gasteiger partial charge in [0.15, 0.2) is 17.3 Å². The van der Waals surface area contributed by atoms with Gasteiger partial charge in [0, 0.05) is 17.8 Å². The van der Waals surface area contributed by atoms with E-state index in [-0.39, 0.29) is 28.8 Å². The smallest absolute Gasteiger partial charge is 0.425 e. The SMILES string of the molecule is C[C@@H](OC(=O)c1c(F)ccc2cc(CNC(=O)c3cnn4cccnc34)oc12)C(F)(F)F. The van der Waals surface area contributed by atoms with Crippen LogP contribution in [0, 0.1) is 5.82 Å². The lowest BCUT2D eigenvalue weighted by molar-refractivity contribution is -0.198. The number of furan rings is 1. The van der Waals surface area contributed by atoms with Crippen LogP contribution >= 0.6 is 0 Å². The van der Waals surface area contributed by atoms with Gasteiger partial charge in [-0.05, 0) is 31.2 Å². The van der Waals surface area contributed by atoms with E-state index in [1.807, 2.05) is 0 Å². The lowest BCUT2D eigenvalue weighted by atomic mass is 10.1. The van der Waals surface area contributed by atoms with Crippen LogP contribution in [-0.4, -0.2) is 38.8 Å². The zero-order chi connectivity index (χ0) is 23.0. The van der Waals surface area contributed by atoms with Crippen LogP contribution in [0.3, 0.4) is 0 Å². The summed E-state index contributed by atoms with van der Waals surface area (Å²) in [6, 6.07) is 5.28. The third-order valence-corrected chi connectivity index (χ3v) is 4.58. The van der Waals surface area contributed by atoms with Gasteiger partial charge in [-0.25, -0.2) is 18.7 Å². The van der Waals surface area contributed by atoms with Crippen molar-refractivity contribution >= 4 is 28.5 Å². The fraction of sp³-hybridized carbons (Fsp3) is 0.200. The summed E-state index contributed by atoms with van der Waals surface area (Å²) in [5, 5.41) is 6.84. The van der Waals surface area contributed by atoms with E-state index < -0.39 is 35.5 Å². The van der Waals surface area contributed by atoms with Gasteiger partial charge in [0.1, 0.15) is 22.7 Å². The number of alkyl halides is 3. The first-order chi connectivity index (χ1) is 15.1. The van der Waals surface area contributed by atoms with Crippen molar-refractivity contribution in [3.63, 3.8) is 0 Å². The fourth-order valence-corrected chi connectivity index (χ4v) is 2.95. The molecule has 0 saturated carbocycles. The number of esters is 1. The molecule has 1 amide bonds. The third kappa shape index (κ3) is 3.98. The Hall–Kier alpha value is -3.96. The molecule has 3 heterocycles. The molecule has 166 valence electrons. The highest BCUT2D eigenvalue weighted by molar-refractivity contribution is 6.02. The van der Waals surface area contributed by atoms with E-state index in [0.717, 1.165) is 6.07 Å². The minimum Gasteiger partial charge on any atom is -0.458 e. The molecule has 0 aliphatic carbocycles. The van der Waals surface area contributed by atoms with Crippen molar-refractivity contribution < 1.29 is 36.3 Å². The number of nitrogens with one attached hydrogen (secondary N) is 1. The first-order valence-electron chi connectivity index (χ1n) is 9.20. The molecule has 4 rings (SSSR count). The molecule has 32 heavy (non-hydrogen) atoms. The van der Waals surface area contributed by atoms with E-state index in [1.165, 1.54) is 29.0 Å². The molecule has 1 aromatic carbocycles. The summed E-state index contributed by atoms with van der Waals surface area (Å²) in [5.74, 6) is -2.98. The van der Waals surface area contributed by atoms with Crippen LogP contribution in [0.5, 0.6) is 0 Å². The van der Waals surface area contributed by atoms with Crippen molar-refractivity contribution in [3.8, 4) is 0 Å². The Morgan fingerprint density at radius 3 is 2.84 bits per heavy atom. The Labute approximate surface area is 176 Å². The van der Waals surface area contributed by atoms with Gasteiger partial charge in [0.25, 0.3) is 5.91 Å². The topological polar surface area (TPSA) is 98.7 Å². The summed E-state index contributed by atoms with van der Waals surface area (Å²) in [6.07, 6.45) is -2.78. The molecule has 0 bridgehead atoms. The van der Waals surface area contributed by atoms with Gasteiger partial charge < -0.3 is 14.5 Å². The quantitative estimate of drug-likeness (QED) is 0.368. The second-order valence-electron chi connectivity index (χ2n) is 6.77. The third-order valence-electron chi connectivity index (χ3n) is 4.58. The number of rotatable bonds is 5. The van der Waals surface area contributed by atoms with Crippen LogP contribution in [0.1, 0.15) is 33.4 Å². The number of amides is 1. The molecule has 8 nitrogen and oxygen atoms in total. The lowest BCUT2D eigenvalue weighted by Gasteiger charge is -2.16. The molecule has 0 fully saturated rings. The van der Waals surface area contributed by atoms with Crippen molar-refractivity contribution in [2.45, 2.75) is 25.7 Å². The molecular formula is C20H14F4N4O4. The second-order valence-corrected chi connectivity index (χ2v) is 6.77. The minimum atomic E-state index is -4.80.